The standard InChI is InChI=1S/C9H12O2S/c10-5-8(6-12)7-1-3-9(11)4-2-7/h1-4,8,10-12H,5-6H2. The van der Waals surface area contributed by atoms with Crippen LogP contribution in [0, 0.1) is 0 Å². The summed E-state index contributed by atoms with van der Waals surface area (Å²) in [5.74, 6) is 0.921. The second-order valence-electron chi connectivity index (χ2n) is 2.65. The lowest BCUT2D eigenvalue weighted by Gasteiger charge is -2.10. The maximum atomic E-state index is 9.00. The fraction of sp³-hybridized carbons (Fsp3) is 0.333. The molecule has 3 heteroatoms. The van der Waals surface area contributed by atoms with Crippen molar-refractivity contribution in [3.63, 3.8) is 0 Å². The molecule has 0 fully saturated rings. The van der Waals surface area contributed by atoms with Crippen molar-refractivity contribution in [2.75, 3.05) is 12.4 Å². The summed E-state index contributed by atoms with van der Waals surface area (Å²) in [5, 5.41) is 17.9. The minimum absolute atomic E-state index is 0.0638. The lowest BCUT2D eigenvalue weighted by atomic mass is 10.0. The maximum Gasteiger partial charge on any atom is 0.115 e. The summed E-state index contributed by atoms with van der Waals surface area (Å²) in [6.45, 7) is 0.0915. The van der Waals surface area contributed by atoms with Gasteiger partial charge < -0.3 is 10.2 Å². The number of hydrogen-bond acceptors (Lipinski definition) is 3. The summed E-state index contributed by atoms with van der Waals surface area (Å²) >= 11 is 4.11. The van der Waals surface area contributed by atoms with E-state index in [0.717, 1.165) is 5.56 Å². The summed E-state index contributed by atoms with van der Waals surface area (Å²) in [7, 11) is 0. The molecule has 0 bridgehead atoms. The summed E-state index contributed by atoms with van der Waals surface area (Å²) in [5.41, 5.74) is 1.00. The van der Waals surface area contributed by atoms with E-state index in [2.05, 4.69) is 12.6 Å². The number of aliphatic hydroxyl groups excluding tert-OH is 1. The highest BCUT2D eigenvalue weighted by Crippen LogP contribution is 2.19. The molecule has 0 amide bonds. The lowest BCUT2D eigenvalue weighted by Crippen LogP contribution is -2.04. The predicted octanol–water partition coefficient (Wildman–Crippen LogP) is 1.40. The van der Waals surface area contributed by atoms with Gasteiger partial charge in [0.1, 0.15) is 5.75 Å². The van der Waals surface area contributed by atoms with Crippen LogP contribution in [0.4, 0.5) is 0 Å². The molecule has 12 heavy (non-hydrogen) atoms. The van der Waals surface area contributed by atoms with Crippen molar-refractivity contribution >= 4 is 12.6 Å². The van der Waals surface area contributed by atoms with Crippen LogP contribution in [0.3, 0.4) is 0 Å². The Bertz CT molecular complexity index is 229. The lowest BCUT2D eigenvalue weighted by molar-refractivity contribution is 0.275. The number of hydrogen-bond donors (Lipinski definition) is 3. The molecule has 2 nitrogen and oxygen atoms in total. The molecule has 0 saturated carbocycles. The van der Waals surface area contributed by atoms with Gasteiger partial charge in [-0.05, 0) is 23.4 Å². The van der Waals surface area contributed by atoms with Gasteiger partial charge in [-0.2, -0.15) is 12.6 Å². The van der Waals surface area contributed by atoms with Gasteiger partial charge in [0.05, 0.1) is 6.61 Å². The molecule has 0 saturated heterocycles. The molecular formula is C9H12O2S. The summed E-state index contributed by atoms with van der Waals surface area (Å²) < 4.78 is 0. The van der Waals surface area contributed by atoms with Crippen molar-refractivity contribution in [1.29, 1.82) is 0 Å². The molecule has 1 atom stereocenters. The normalized spacial score (nSPS) is 12.8. The van der Waals surface area contributed by atoms with Gasteiger partial charge in [0, 0.05) is 5.92 Å². The molecule has 0 radical (unpaired) electrons. The van der Waals surface area contributed by atoms with E-state index in [1.54, 1.807) is 24.3 Å². The molecule has 2 N–H and O–H groups in total. The third-order valence-corrected chi connectivity index (χ3v) is 2.25. The van der Waals surface area contributed by atoms with Gasteiger partial charge in [-0.25, -0.2) is 0 Å². The van der Waals surface area contributed by atoms with Crippen LogP contribution < -0.4 is 0 Å². The number of phenols is 1. The number of aromatic hydroxyl groups is 1. The minimum Gasteiger partial charge on any atom is -0.508 e. The van der Waals surface area contributed by atoms with Crippen LogP contribution in [0.5, 0.6) is 5.75 Å². The smallest absolute Gasteiger partial charge is 0.115 e. The van der Waals surface area contributed by atoms with Gasteiger partial charge in [0.15, 0.2) is 0 Å². The zero-order valence-corrected chi connectivity index (χ0v) is 7.54. The monoisotopic (exact) mass is 184 g/mol. The first-order valence-corrected chi connectivity index (χ1v) is 4.42. The van der Waals surface area contributed by atoms with Gasteiger partial charge in [-0.3, -0.25) is 0 Å². The van der Waals surface area contributed by atoms with Crippen LogP contribution in [0.25, 0.3) is 0 Å². The Kier molecular flexibility index (Phi) is 3.44. The van der Waals surface area contributed by atoms with Crippen molar-refractivity contribution in [3.8, 4) is 5.75 Å². The van der Waals surface area contributed by atoms with Crippen molar-refractivity contribution in [1.82, 2.24) is 0 Å². The first-order chi connectivity index (χ1) is 5.77. The highest BCUT2D eigenvalue weighted by Gasteiger charge is 2.07. The van der Waals surface area contributed by atoms with Crippen LogP contribution in [-0.4, -0.2) is 22.6 Å². The zero-order chi connectivity index (χ0) is 8.97. The average molecular weight is 184 g/mol. The highest BCUT2D eigenvalue weighted by molar-refractivity contribution is 7.80. The van der Waals surface area contributed by atoms with Gasteiger partial charge in [-0.1, -0.05) is 12.1 Å². The molecule has 0 aliphatic carbocycles. The van der Waals surface area contributed by atoms with Crippen molar-refractivity contribution in [2.45, 2.75) is 5.92 Å². The zero-order valence-electron chi connectivity index (χ0n) is 6.64. The quantitative estimate of drug-likeness (QED) is 0.621. The second kappa shape index (κ2) is 4.38. The molecule has 0 aliphatic rings. The number of rotatable bonds is 3. The molecule has 0 spiro atoms. The first-order valence-electron chi connectivity index (χ1n) is 3.78. The number of benzene rings is 1. The SMILES string of the molecule is OCC(CS)c1ccc(O)cc1. The molecule has 1 rings (SSSR count). The predicted molar refractivity (Wildman–Crippen MR) is 51.8 cm³/mol. The largest absolute Gasteiger partial charge is 0.508 e. The fourth-order valence-electron chi connectivity index (χ4n) is 1.02. The molecule has 0 aromatic heterocycles. The fourth-order valence-corrected chi connectivity index (χ4v) is 1.34. The van der Waals surface area contributed by atoms with Crippen molar-refractivity contribution < 1.29 is 10.2 Å². The van der Waals surface area contributed by atoms with E-state index < -0.39 is 0 Å². The molecule has 66 valence electrons. The van der Waals surface area contributed by atoms with Gasteiger partial charge in [0.2, 0.25) is 0 Å². The van der Waals surface area contributed by atoms with E-state index in [4.69, 9.17) is 10.2 Å². The Morgan fingerprint density at radius 1 is 1.25 bits per heavy atom. The van der Waals surface area contributed by atoms with Crippen LogP contribution in [-0.2, 0) is 0 Å². The maximum absolute atomic E-state index is 9.00. The molecular weight excluding hydrogens is 172 g/mol. The Morgan fingerprint density at radius 3 is 2.25 bits per heavy atom. The van der Waals surface area contributed by atoms with E-state index in [9.17, 15) is 0 Å². The Labute approximate surface area is 77.3 Å². The third-order valence-electron chi connectivity index (χ3n) is 1.81. The first kappa shape index (κ1) is 9.42. The van der Waals surface area contributed by atoms with E-state index in [-0.39, 0.29) is 18.3 Å². The van der Waals surface area contributed by atoms with Crippen LogP contribution in [0.15, 0.2) is 24.3 Å². The summed E-state index contributed by atoms with van der Waals surface area (Å²) in [6, 6.07) is 6.82. The molecule has 1 aromatic rings. The number of phenolic OH excluding ortho intramolecular Hbond substituents is 1. The Morgan fingerprint density at radius 2 is 1.83 bits per heavy atom. The van der Waals surface area contributed by atoms with Gasteiger partial charge in [0.25, 0.3) is 0 Å². The van der Waals surface area contributed by atoms with Gasteiger partial charge in [-0.15, -0.1) is 0 Å². The van der Waals surface area contributed by atoms with Crippen molar-refractivity contribution in [2.24, 2.45) is 0 Å². The van der Waals surface area contributed by atoms with E-state index in [1.165, 1.54) is 0 Å². The van der Waals surface area contributed by atoms with Crippen LogP contribution >= 0.6 is 12.6 Å². The highest BCUT2D eigenvalue weighted by atomic mass is 32.1. The van der Waals surface area contributed by atoms with Gasteiger partial charge >= 0.3 is 0 Å². The second-order valence-corrected chi connectivity index (χ2v) is 3.02. The summed E-state index contributed by atoms with van der Waals surface area (Å²) in [6.07, 6.45) is 0. The molecule has 0 heterocycles. The minimum atomic E-state index is 0.0638. The van der Waals surface area contributed by atoms with E-state index in [0.29, 0.717) is 5.75 Å². The summed E-state index contributed by atoms with van der Waals surface area (Å²) in [4.78, 5) is 0. The van der Waals surface area contributed by atoms with E-state index in [1.807, 2.05) is 0 Å². The third kappa shape index (κ3) is 2.16. The average Bonchev–Trinajstić information content (AvgIpc) is 2.10. The Balaban J connectivity index is 2.80. The van der Waals surface area contributed by atoms with Crippen LogP contribution in [0.2, 0.25) is 0 Å². The molecule has 0 aliphatic heterocycles. The van der Waals surface area contributed by atoms with Crippen LogP contribution in [0.1, 0.15) is 11.5 Å². The van der Waals surface area contributed by atoms with E-state index >= 15 is 0 Å². The number of thiol groups is 1. The van der Waals surface area contributed by atoms with Crippen molar-refractivity contribution in [3.05, 3.63) is 29.8 Å². The number of aliphatic hydroxyl groups is 1. The molecule has 1 unspecified atom stereocenters. The topological polar surface area (TPSA) is 40.5 Å². The molecule has 1 aromatic carbocycles. The Hall–Kier alpha value is -0.670.